The van der Waals surface area contributed by atoms with Gasteiger partial charge < -0.3 is 10.2 Å². The molecule has 3 rings (SSSR count). The Hall–Kier alpha value is -2.17. The molecule has 1 aromatic carbocycles. The minimum absolute atomic E-state index is 0.0597. The fraction of sp³-hybridized carbons (Fsp3) is 0.438. The number of nitrogens with one attached hydrogen (secondary N) is 1. The summed E-state index contributed by atoms with van der Waals surface area (Å²) < 4.78 is 0. The van der Waals surface area contributed by atoms with Crippen molar-refractivity contribution >= 4 is 23.3 Å². The van der Waals surface area contributed by atoms with E-state index >= 15 is 0 Å². The first-order valence-corrected chi connectivity index (χ1v) is 7.24. The first-order chi connectivity index (χ1) is 9.97. The van der Waals surface area contributed by atoms with Crippen molar-refractivity contribution in [2.75, 3.05) is 11.4 Å². The smallest absolute Gasteiger partial charge is 0.299 e. The Kier molecular flexibility index (Phi) is 3.27. The lowest BCUT2D eigenvalue weighted by Crippen LogP contribution is -2.35. The molecule has 0 radical (unpaired) electrons. The summed E-state index contributed by atoms with van der Waals surface area (Å²) in [5.74, 6) is -1.06. The second-order valence-corrected chi connectivity index (χ2v) is 5.85. The molecule has 5 nitrogen and oxygen atoms in total. The van der Waals surface area contributed by atoms with Gasteiger partial charge in [-0.05, 0) is 43.9 Å². The number of fused-ring (bicyclic) bond motifs is 1. The topological polar surface area (TPSA) is 66.5 Å². The zero-order valence-electron chi connectivity index (χ0n) is 12.2. The monoisotopic (exact) mass is 286 g/mol. The molecular formula is C16H18N2O3. The second kappa shape index (κ2) is 4.98. The number of carbonyl (C=O) groups excluding carboxylic acids is 3. The molecule has 1 aromatic rings. The van der Waals surface area contributed by atoms with Crippen LogP contribution >= 0.6 is 0 Å². The molecule has 1 N–H and O–H groups in total. The van der Waals surface area contributed by atoms with Crippen molar-refractivity contribution in [1.82, 2.24) is 5.32 Å². The summed E-state index contributed by atoms with van der Waals surface area (Å²) in [7, 11) is 0. The number of aryl methyl sites for hydroxylation is 2. The third kappa shape index (κ3) is 2.55. The van der Waals surface area contributed by atoms with E-state index in [-0.39, 0.29) is 18.9 Å². The third-order valence-electron chi connectivity index (χ3n) is 3.92. The zero-order valence-corrected chi connectivity index (χ0v) is 12.2. The fourth-order valence-electron chi connectivity index (χ4n) is 2.76. The highest BCUT2D eigenvalue weighted by atomic mass is 16.2. The molecule has 110 valence electrons. The molecule has 0 bridgehead atoms. The van der Waals surface area contributed by atoms with E-state index in [1.807, 2.05) is 26.0 Å². The summed E-state index contributed by atoms with van der Waals surface area (Å²) in [5, 5.41) is 2.89. The van der Waals surface area contributed by atoms with Gasteiger partial charge in [0.05, 0.1) is 11.3 Å². The number of Topliss-reactive ketones (excluding diaryl/α,β-unsaturated/α-hetero) is 1. The van der Waals surface area contributed by atoms with Gasteiger partial charge in [0, 0.05) is 19.0 Å². The van der Waals surface area contributed by atoms with Crippen molar-refractivity contribution in [2.45, 2.75) is 39.2 Å². The predicted molar refractivity (Wildman–Crippen MR) is 78.4 cm³/mol. The SMILES string of the molecule is Cc1cc(C)c2c(c1)N(CCC(=O)NC1CC1)C(=O)C2=O. The van der Waals surface area contributed by atoms with Crippen molar-refractivity contribution in [2.24, 2.45) is 0 Å². The molecule has 1 fully saturated rings. The van der Waals surface area contributed by atoms with Crippen LogP contribution in [-0.4, -0.2) is 30.2 Å². The number of nitrogens with zero attached hydrogens (tertiary/aromatic N) is 1. The van der Waals surface area contributed by atoms with Crippen LogP contribution < -0.4 is 10.2 Å². The summed E-state index contributed by atoms with van der Waals surface area (Å²) in [6.07, 6.45) is 2.30. The van der Waals surface area contributed by atoms with Gasteiger partial charge in [-0.2, -0.15) is 0 Å². The first kappa shape index (κ1) is 13.8. The Balaban J connectivity index is 1.78. The van der Waals surface area contributed by atoms with Gasteiger partial charge in [-0.1, -0.05) is 6.07 Å². The molecule has 1 heterocycles. The van der Waals surface area contributed by atoms with Gasteiger partial charge >= 0.3 is 0 Å². The summed E-state index contributed by atoms with van der Waals surface area (Å²) in [5.41, 5.74) is 2.93. The largest absolute Gasteiger partial charge is 0.353 e. The highest BCUT2D eigenvalue weighted by molar-refractivity contribution is 6.52. The highest BCUT2D eigenvalue weighted by Crippen LogP contribution is 2.32. The summed E-state index contributed by atoms with van der Waals surface area (Å²) in [6.45, 7) is 4.01. The van der Waals surface area contributed by atoms with E-state index in [9.17, 15) is 14.4 Å². The molecule has 0 aromatic heterocycles. The maximum Gasteiger partial charge on any atom is 0.299 e. The molecule has 0 spiro atoms. The van der Waals surface area contributed by atoms with Crippen LogP contribution in [-0.2, 0) is 9.59 Å². The van der Waals surface area contributed by atoms with Crippen molar-refractivity contribution in [3.8, 4) is 0 Å². The molecule has 21 heavy (non-hydrogen) atoms. The second-order valence-electron chi connectivity index (χ2n) is 5.85. The Bertz CT molecular complexity index is 647. The van der Waals surface area contributed by atoms with Gasteiger partial charge in [-0.3, -0.25) is 14.4 Å². The van der Waals surface area contributed by atoms with E-state index in [0.717, 1.165) is 24.0 Å². The Morgan fingerprint density at radius 1 is 1.29 bits per heavy atom. The van der Waals surface area contributed by atoms with Crippen LogP contribution in [0.1, 0.15) is 40.7 Å². The van der Waals surface area contributed by atoms with Crippen molar-refractivity contribution < 1.29 is 14.4 Å². The van der Waals surface area contributed by atoms with Crippen LogP contribution in [0.15, 0.2) is 12.1 Å². The van der Waals surface area contributed by atoms with Gasteiger partial charge in [-0.15, -0.1) is 0 Å². The Morgan fingerprint density at radius 3 is 2.67 bits per heavy atom. The third-order valence-corrected chi connectivity index (χ3v) is 3.92. The van der Waals surface area contributed by atoms with E-state index < -0.39 is 11.7 Å². The Morgan fingerprint density at radius 2 is 2.00 bits per heavy atom. The lowest BCUT2D eigenvalue weighted by atomic mass is 10.0. The maximum atomic E-state index is 12.1. The van der Waals surface area contributed by atoms with Crippen LogP contribution in [0.5, 0.6) is 0 Å². The number of carbonyl (C=O) groups is 3. The zero-order chi connectivity index (χ0) is 15.1. The lowest BCUT2D eigenvalue weighted by molar-refractivity contribution is -0.121. The van der Waals surface area contributed by atoms with E-state index in [1.54, 1.807) is 0 Å². The molecule has 1 aliphatic heterocycles. The van der Waals surface area contributed by atoms with Crippen molar-refractivity contribution in [1.29, 1.82) is 0 Å². The summed E-state index contributed by atoms with van der Waals surface area (Å²) in [6, 6.07) is 4.04. The van der Waals surface area contributed by atoms with Crippen molar-refractivity contribution in [3.05, 3.63) is 28.8 Å². The number of anilines is 1. The molecule has 2 aliphatic rings. The minimum Gasteiger partial charge on any atom is -0.353 e. The predicted octanol–water partition coefficient (Wildman–Crippen LogP) is 1.50. The van der Waals surface area contributed by atoms with Crippen LogP contribution in [0.4, 0.5) is 5.69 Å². The molecule has 0 saturated heterocycles. The molecule has 1 saturated carbocycles. The molecule has 5 heteroatoms. The van der Waals surface area contributed by atoms with E-state index in [1.165, 1.54) is 4.90 Å². The standard InChI is InChI=1S/C16H18N2O3/c1-9-7-10(2)14-12(8-9)18(16(21)15(14)20)6-5-13(19)17-11-3-4-11/h7-8,11H,3-6H2,1-2H3,(H,17,19). The quantitative estimate of drug-likeness (QED) is 0.853. The van der Waals surface area contributed by atoms with Gasteiger partial charge in [0.2, 0.25) is 5.91 Å². The summed E-state index contributed by atoms with van der Waals surface area (Å²) >= 11 is 0. The molecule has 1 aliphatic carbocycles. The van der Waals surface area contributed by atoms with Crippen LogP contribution in [0.3, 0.4) is 0 Å². The van der Waals surface area contributed by atoms with Crippen molar-refractivity contribution in [3.63, 3.8) is 0 Å². The summed E-state index contributed by atoms with van der Waals surface area (Å²) in [4.78, 5) is 37.4. The number of hydrogen-bond donors (Lipinski definition) is 1. The minimum atomic E-state index is -0.530. The van der Waals surface area contributed by atoms with Gasteiger partial charge in [0.1, 0.15) is 0 Å². The van der Waals surface area contributed by atoms with Gasteiger partial charge in [-0.25, -0.2) is 0 Å². The highest BCUT2D eigenvalue weighted by Gasteiger charge is 2.37. The molecule has 0 unspecified atom stereocenters. The Labute approximate surface area is 123 Å². The number of rotatable bonds is 4. The normalized spacial score (nSPS) is 17.1. The van der Waals surface area contributed by atoms with Gasteiger partial charge in [0.15, 0.2) is 0 Å². The average Bonchev–Trinajstić information content (AvgIpc) is 3.17. The number of hydrogen-bond acceptors (Lipinski definition) is 3. The first-order valence-electron chi connectivity index (χ1n) is 7.24. The lowest BCUT2D eigenvalue weighted by Gasteiger charge is -2.17. The van der Waals surface area contributed by atoms with E-state index in [2.05, 4.69) is 5.32 Å². The van der Waals surface area contributed by atoms with Crippen LogP contribution in [0.25, 0.3) is 0 Å². The molecule has 0 atom stereocenters. The number of amides is 2. The molecule has 2 amide bonds. The van der Waals surface area contributed by atoms with Crippen LogP contribution in [0.2, 0.25) is 0 Å². The van der Waals surface area contributed by atoms with E-state index in [4.69, 9.17) is 0 Å². The number of benzene rings is 1. The van der Waals surface area contributed by atoms with Crippen LogP contribution in [0, 0.1) is 13.8 Å². The molecular weight excluding hydrogens is 268 g/mol. The number of ketones is 1. The maximum absolute atomic E-state index is 12.1. The fourth-order valence-corrected chi connectivity index (χ4v) is 2.76. The van der Waals surface area contributed by atoms with E-state index in [0.29, 0.717) is 17.3 Å². The average molecular weight is 286 g/mol. The van der Waals surface area contributed by atoms with Gasteiger partial charge in [0.25, 0.3) is 11.7 Å².